The van der Waals surface area contributed by atoms with E-state index >= 15 is 0 Å². The Morgan fingerprint density at radius 1 is 1.44 bits per heavy atom. The molecule has 0 aliphatic rings. The number of rotatable bonds is 6. The zero-order chi connectivity index (χ0) is 13.5. The van der Waals surface area contributed by atoms with Gasteiger partial charge >= 0.3 is 5.97 Å². The first-order valence-corrected chi connectivity index (χ1v) is 5.83. The molecule has 1 rings (SSSR count). The molecule has 0 aliphatic carbocycles. The van der Waals surface area contributed by atoms with Crippen LogP contribution in [-0.4, -0.2) is 19.6 Å². The summed E-state index contributed by atoms with van der Waals surface area (Å²) in [6.07, 6.45) is 0.861. The summed E-state index contributed by atoms with van der Waals surface area (Å²) in [5.41, 5.74) is 0.273. The van der Waals surface area contributed by atoms with Gasteiger partial charge in [0.25, 0.3) is 0 Å². The lowest BCUT2D eigenvalue weighted by molar-refractivity contribution is -0.141. The van der Waals surface area contributed by atoms with Crippen molar-refractivity contribution in [3.63, 3.8) is 0 Å². The van der Waals surface area contributed by atoms with Gasteiger partial charge in [-0.3, -0.25) is 4.79 Å². The average molecular weight is 257 g/mol. The maximum absolute atomic E-state index is 13.7. The van der Waals surface area contributed by atoms with Gasteiger partial charge in [0, 0.05) is 17.7 Å². The molecular weight excluding hydrogens is 240 g/mol. The van der Waals surface area contributed by atoms with Gasteiger partial charge in [-0.2, -0.15) is 0 Å². The van der Waals surface area contributed by atoms with Crippen LogP contribution in [0, 0.1) is 11.6 Å². The van der Waals surface area contributed by atoms with Crippen molar-refractivity contribution in [1.82, 2.24) is 5.32 Å². The highest BCUT2D eigenvalue weighted by atomic mass is 19.1. The van der Waals surface area contributed by atoms with Crippen molar-refractivity contribution in [1.29, 1.82) is 0 Å². The van der Waals surface area contributed by atoms with Gasteiger partial charge in [0.05, 0.1) is 13.5 Å². The highest BCUT2D eigenvalue weighted by Gasteiger charge is 2.19. The quantitative estimate of drug-likeness (QED) is 0.796. The Labute approximate surface area is 105 Å². The molecule has 0 fully saturated rings. The number of ether oxygens (including phenoxy) is 1. The molecule has 0 spiro atoms. The molecule has 1 N–H and O–H groups in total. The van der Waals surface area contributed by atoms with Crippen molar-refractivity contribution in [2.75, 3.05) is 13.7 Å². The number of hydrogen-bond donors (Lipinski definition) is 1. The predicted octanol–water partition coefficient (Wildman–Crippen LogP) is 2.57. The lowest BCUT2D eigenvalue weighted by atomic mass is 10.0. The molecule has 0 aromatic heterocycles. The van der Waals surface area contributed by atoms with Gasteiger partial charge in [-0.25, -0.2) is 8.78 Å². The van der Waals surface area contributed by atoms with E-state index in [9.17, 15) is 13.6 Å². The standard InChI is InChI=1S/C13H17F2NO2/c1-3-6-16-12(8-13(17)18-2)10-5-4-9(14)7-11(10)15/h4-5,7,12,16H,3,6,8H2,1-2H3. The lowest BCUT2D eigenvalue weighted by Gasteiger charge is -2.18. The van der Waals surface area contributed by atoms with E-state index < -0.39 is 23.6 Å². The molecule has 1 aromatic rings. The number of carbonyl (C=O) groups excluding carboxylic acids is 1. The van der Waals surface area contributed by atoms with E-state index in [-0.39, 0.29) is 12.0 Å². The summed E-state index contributed by atoms with van der Waals surface area (Å²) >= 11 is 0. The Bertz CT molecular complexity index is 410. The highest BCUT2D eigenvalue weighted by Crippen LogP contribution is 2.21. The molecule has 0 saturated heterocycles. The Morgan fingerprint density at radius 2 is 2.17 bits per heavy atom. The summed E-state index contributed by atoms with van der Waals surface area (Å²) in [4.78, 5) is 11.3. The fourth-order valence-electron chi connectivity index (χ4n) is 1.64. The van der Waals surface area contributed by atoms with Crippen LogP contribution in [0.25, 0.3) is 0 Å². The third-order valence-corrected chi connectivity index (χ3v) is 2.58. The van der Waals surface area contributed by atoms with E-state index in [0.29, 0.717) is 6.54 Å². The van der Waals surface area contributed by atoms with E-state index in [4.69, 9.17) is 0 Å². The van der Waals surface area contributed by atoms with Gasteiger partial charge in [-0.05, 0) is 19.0 Å². The van der Waals surface area contributed by atoms with Crippen LogP contribution in [0.1, 0.15) is 31.4 Å². The Balaban J connectivity index is 2.89. The summed E-state index contributed by atoms with van der Waals surface area (Å²) in [5.74, 6) is -1.73. The van der Waals surface area contributed by atoms with Crippen molar-refractivity contribution in [3.8, 4) is 0 Å². The van der Waals surface area contributed by atoms with Crippen LogP contribution in [0.2, 0.25) is 0 Å². The summed E-state index contributed by atoms with van der Waals surface area (Å²) in [7, 11) is 1.28. The predicted molar refractivity (Wildman–Crippen MR) is 64.0 cm³/mol. The fourth-order valence-corrected chi connectivity index (χ4v) is 1.64. The third-order valence-electron chi connectivity index (χ3n) is 2.58. The monoisotopic (exact) mass is 257 g/mol. The lowest BCUT2D eigenvalue weighted by Crippen LogP contribution is -2.26. The Morgan fingerprint density at radius 3 is 2.72 bits per heavy atom. The average Bonchev–Trinajstić information content (AvgIpc) is 2.34. The van der Waals surface area contributed by atoms with E-state index in [1.165, 1.54) is 19.2 Å². The third kappa shape index (κ3) is 4.07. The van der Waals surface area contributed by atoms with Crippen LogP contribution in [-0.2, 0) is 9.53 Å². The first-order chi connectivity index (χ1) is 8.58. The van der Waals surface area contributed by atoms with Crippen molar-refractivity contribution < 1.29 is 18.3 Å². The van der Waals surface area contributed by atoms with Gasteiger partial charge in [0.15, 0.2) is 0 Å². The SMILES string of the molecule is CCCNC(CC(=O)OC)c1ccc(F)cc1F. The summed E-state index contributed by atoms with van der Waals surface area (Å²) < 4.78 is 31.1. The second-order valence-electron chi connectivity index (χ2n) is 3.95. The Hall–Kier alpha value is -1.49. The van der Waals surface area contributed by atoms with Crippen LogP contribution in [0.3, 0.4) is 0 Å². The number of benzene rings is 1. The van der Waals surface area contributed by atoms with Crippen LogP contribution < -0.4 is 5.32 Å². The van der Waals surface area contributed by atoms with Crippen molar-refractivity contribution >= 4 is 5.97 Å². The zero-order valence-corrected chi connectivity index (χ0v) is 10.5. The minimum atomic E-state index is -0.660. The number of hydrogen-bond acceptors (Lipinski definition) is 3. The summed E-state index contributed by atoms with van der Waals surface area (Å²) in [5, 5.41) is 3.05. The van der Waals surface area contributed by atoms with Crippen LogP contribution in [0.15, 0.2) is 18.2 Å². The minimum Gasteiger partial charge on any atom is -0.469 e. The molecule has 18 heavy (non-hydrogen) atoms. The van der Waals surface area contributed by atoms with Crippen molar-refractivity contribution in [2.24, 2.45) is 0 Å². The molecular formula is C13H17F2NO2. The van der Waals surface area contributed by atoms with Gasteiger partial charge in [-0.15, -0.1) is 0 Å². The normalized spacial score (nSPS) is 12.2. The summed E-state index contributed by atoms with van der Waals surface area (Å²) in [6.45, 7) is 2.60. The van der Waals surface area contributed by atoms with E-state index in [2.05, 4.69) is 10.1 Å². The second kappa shape index (κ2) is 7.06. The fraction of sp³-hybridized carbons (Fsp3) is 0.462. The van der Waals surface area contributed by atoms with Gasteiger partial charge in [0.2, 0.25) is 0 Å². The molecule has 0 saturated carbocycles. The van der Waals surface area contributed by atoms with Crippen molar-refractivity contribution in [2.45, 2.75) is 25.8 Å². The van der Waals surface area contributed by atoms with E-state index in [0.717, 1.165) is 12.5 Å². The van der Waals surface area contributed by atoms with Crippen LogP contribution in [0.4, 0.5) is 8.78 Å². The molecule has 0 heterocycles. The number of carbonyl (C=O) groups is 1. The topological polar surface area (TPSA) is 38.3 Å². The number of methoxy groups -OCH3 is 1. The highest BCUT2D eigenvalue weighted by molar-refractivity contribution is 5.70. The van der Waals surface area contributed by atoms with Crippen LogP contribution in [0.5, 0.6) is 0 Å². The van der Waals surface area contributed by atoms with Gasteiger partial charge < -0.3 is 10.1 Å². The number of esters is 1. The first kappa shape index (κ1) is 14.6. The molecule has 1 unspecified atom stereocenters. The molecule has 0 bridgehead atoms. The van der Waals surface area contributed by atoms with E-state index in [1.807, 2.05) is 6.92 Å². The molecule has 3 nitrogen and oxygen atoms in total. The minimum absolute atomic E-state index is 0.0129. The molecule has 100 valence electrons. The molecule has 1 aromatic carbocycles. The van der Waals surface area contributed by atoms with Gasteiger partial charge in [0.1, 0.15) is 11.6 Å². The molecule has 0 radical (unpaired) electrons. The smallest absolute Gasteiger partial charge is 0.307 e. The molecule has 5 heteroatoms. The maximum atomic E-state index is 13.7. The summed E-state index contributed by atoms with van der Waals surface area (Å²) in [6, 6.07) is 2.84. The largest absolute Gasteiger partial charge is 0.469 e. The van der Waals surface area contributed by atoms with Crippen molar-refractivity contribution in [3.05, 3.63) is 35.4 Å². The number of halogens is 2. The maximum Gasteiger partial charge on any atom is 0.307 e. The van der Waals surface area contributed by atoms with E-state index in [1.54, 1.807) is 0 Å². The number of nitrogens with one attached hydrogen (secondary N) is 1. The van der Waals surface area contributed by atoms with Crippen LogP contribution >= 0.6 is 0 Å². The molecule has 1 atom stereocenters. The molecule has 0 aliphatic heterocycles. The zero-order valence-electron chi connectivity index (χ0n) is 10.5. The molecule has 0 amide bonds. The first-order valence-electron chi connectivity index (χ1n) is 5.83. The second-order valence-corrected chi connectivity index (χ2v) is 3.95. The van der Waals surface area contributed by atoms with Gasteiger partial charge in [-0.1, -0.05) is 13.0 Å². The Kier molecular flexibility index (Phi) is 5.71.